The van der Waals surface area contributed by atoms with Crippen molar-refractivity contribution in [2.75, 3.05) is 0 Å². The van der Waals surface area contributed by atoms with E-state index in [1.54, 1.807) is 11.1 Å². The highest BCUT2D eigenvalue weighted by Gasteiger charge is 2.28. The van der Waals surface area contributed by atoms with E-state index in [2.05, 4.69) is 39.8 Å². The molecule has 2 aliphatic rings. The average Bonchev–Trinajstić information content (AvgIpc) is 2.43. The first-order valence-corrected chi connectivity index (χ1v) is 6.20. The number of hydrogen-bond donors (Lipinski definition) is 1. The second kappa shape index (κ2) is 3.55. The number of allylic oxidation sites excluding steroid dienone is 4. The van der Waals surface area contributed by atoms with Crippen LogP contribution in [0.4, 0.5) is 0 Å². The lowest BCUT2D eigenvalue weighted by Gasteiger charge is -2.21. The molecule has 2 unspecified atom stereocenters. The molecule has 82 valence electrons. The Kier molecular flexibility index (Phi) is 2.62. The molecule has 15 heavy (non-hydrogen) atoms. The van der Waals surface area contributed by atoms with Crippen molar-refractivity contribution in [3.63, 3.8) is 0 Å². The summed E-state index contributed by atoms with van der Waals surface area (Å²) in [6, 6.07) is 0. The third kappa shape index (κ3) is 1.82. The summed E-state index contributed by atoms with van der Waals surface area (Å²) < 4.78 is -0.0753. The van der Waals surface area contributed by atoms with Crippen molar-refractivity contribution < 1.29 is 0 Å². The molecule has 0 bridgehead atoms. The Morgan fingerprint density at radius 1 is 1.40 bits per heavy atom. The van der Waals surface area contributed by atoms with Gasteiger partial charge in [0.25, 0.3) is 0 Å². The molecule has 0 N–H and O–H groups in total. The highest BCUT2D eigenvalue weighted by atomic mass is 32.1. The highest BCUT2D eigenvalue weighted by molar-refractivity contribution is 7.82. The molecular weight excluding hydrogens is 200 g/mol. The van der Waals surface area contributed by atoms with Gasteiger partial charge in [-0.3, -0.25) is 0 Å². The lowest BCUT2D eigenvalue weighted by Crippen LogP contribution is -2.14. The smallest absolute Gasteiger partial charge is 0.0495 e. The highest BCUT2D eigenvalue weighted by Crippen LogP contribution is 2.42. The summed E-state index contributed by atoms with van der Waals surface area (Å²) in [6.07, 6.45) is 7.23. The first-order chi connectivity index (χ1) is 6.92. The Balaban J connectivity index is 2.54. The van der Waals surface area contributed by atoms with E-state index in [0.29, 0.717) is 0 Å². The molecule has 0 aromatic carbocycles. The Labute approximate surface area is 98.6 Å². The molecule has 2 atom stereocenters. The number of rotatable bonds is 0. The van der Waals surface area contributed by atoms with Gasteiger partial charge in [-0.05, 0) is 56.3 Å². The van der Waals surface area contributed by atoms with Crippen LogP contribution in [0.3, 0.4) is 0 Å². The first kappa shape index (κ1) is 11.1. The molecule has 0 nitrogen and oxygen atoms in total. The molecule has 0 radical (unpaired) electrons. The second-order valence-electron chi connectivity index (χ2n) is 5.18. The van der Waals surface area contributed by atoms with Gasteiger partial charge < -0.3 is 0 Å². The van der Waals surface area contributed by atoms with Gasteiger partial charge in [-0.1, -0.05) is 24.6 Å². The summed E-state index contributed by atoms with van der Waals surface area (Å²) in [6.45, 7) is 8.94. The average molecular weight is 220 g/mol. The first-order valence-electron chi connectivity index (χ1n) is 5.76. The molecule has 0 amide bonds. The van der Waals surface area contributed by atoms with Crippen LogP contribution in [-0.4, -0.2) is 4.75 Å². The summed E-state index contributed by atoms with van der Waals surface area (Å²) >= 11 is 4.74. The van der Waals surface area contributed by atoms with Crippen molar-refractivity contribution in [3.8, 4) is 0 Å². The van der Waals surface area contributed by atoms with Crippen molar-refractivity contribution >= 4 is 12.6 Å². The normalized spacial score (nSPS) is 35.9. The van der Waals surface area contributed by atoms with Crippen LogP contribution in [0.2, 0.25) is 0 Å². The summed E-state index contributed by atoms with van der Waals surface area (Å²) in [7, 11) is 0. The van der Waals surface area contributed by atoms with E-state index in [9.17, 15) is 0 Å². The monoisotopic (exact) mass is 220 g/mol. The maximum atomic E-state index is 4.74. The number of thiol groups is 1. The molecule has 1 heteroatoms. The predicted molar refractivity (Wildman–Crippen MR) is 70.3 cm³/mol. The Bertz CT molecular complexity index is 380. The molecule has 0 aliphatic heterocycles. The summed E-state index contributed by atoms with van der Waals surface area (Å²) in [5.41, 5.74) is 5.92. The van der Waals surface area contributed by atoms with E-state index >= 15 is 0 Å². The Morgan fingerprint density at radius 2 is 2.07 bits per heavy atom. The SMILES string of the molecule is CC1=CC(C)(S)C(C)=CC2=C1CCC2C. The fourth-order valence-corrected chi connectivity index (χ4v) is 2.87. The van der Waals surface area contributed by atoms with Crippen molar-refractivity contribution in [2.24, 2.45) is 5.92 Å². The molecule has 2 rings (SSSR count). The number of hydrogen-bond acceptors (Lipinski definition) is 1. The molecule has 0 spiro atoms. The summed E-state index contributed by atoms with van der Waals surface area (Å²) in [5.74, 6) is 0.723. The van der Waals surface area contributed by atoms with E-state index < -0.39 is 0 Å². The van der Waals surface area contributed by atoms with Crippen LogP contribution >= 0.6 is 12.6 Å². The maximum Gasteiger partial charge on any atom is 0.0495 e. The third-order valence-electron chi connectivity index (χ3n) is 3.85. The molecule has 0 aromatic heterocycles. The van der Waals surface area contributed by atoms with Gasteiger partial charge in [-0.2, -0.15) is 12.6 Å². The zero-order chi connectivity index (χ0) is 11.2. The van der Waals surface area contributed by atoms with E-state index in [4.69, 9.17) is 12.6 Å². The van der Waals surface area contributed by atoms with Crippen molar-refractivity contribution in [1.82, 2.24) is 0 Å². The Morgan fingerprint density at radius 3 is 2.73 bits per heavy atom. The molecule has 0 saturated heterocycles. The minimum absolute atomic E-state index is 0.0753. The zero-order valence-electron chi connectivity index (χ0n) is 10.1. The molecule has 0 fully saturated rings. The minimum atomic E-state index is -0.0753. The lowest BCUT2D eigenvalue weighted by molar-refractivity contribution is 0.677. The topological polar surface area (TPSA) is 0 Å². The quantitative estimate of drug-likeness (QED) is 0.578. The standard InChI is InChI=1S/C14H20S/c1-9-5-6-12-10(2)8-14(4,15)11(3)7-13(9)12/h7-9,15H,5-6H2,1-4H3. The van der Waals surface area contributed by atoms with Crippen LogP contribution in [0.25, 0.3) is 0 Å². The van der Waals surface area contributed by atoms with Crippen LogP contribution in [0.15, 0.2) is 34.4 Å². The fraction of sp³-hybridized carbons (Fsp3) is 0.571. The zero-order valence-corrected chi connectivity index (χ0v) is 11.0. The molecular formula is C14H20S. The molecule has 0 saturated carbocycles. The molecule has 2 aliphatic carbocycles. The van der Waals surface area contributed by atoms with Crippen LogP contribution in [0.5, 0.6) is 0 Å². The van der Waals surface area contributed by atoms with Gasteiger partial charge in [0.2, 0.25) is 0 Å². The van der Waals surface area contributed by atoms with Crippen molar-refractivity contribution in [3.05, 3.63) is 34.4 Å². The van der Waals surface area contributed by atoms with Crippen LogP contribution in [-0.2, 0) is 0 Å². The summed E-state index contributed by atoms with van der Waals surface area (Å²) in [4.78, 5) is 0. The lowest BCUT2D eigenvalue weighted by atomic mass is 9.96. The van der Waals surface area contributed by atoms with E-state index in [-0.39, 0.29) is 4.75 Å². The van der Waals surface area contributed by atoms with Gasteiger partial charge in [-0.25, -0.2) is 0 Å². The van der Waals surface area contributed by atoms with Gasteiger partial charge in [0.15, 0.2) is 0 Å². The maximum absolute atomic E-state index is 4.74. The molecule has 0 heterocycles. The Hall–Kier alpha value is -0.430. The van der Waals surface area contributed by atoms with Gasteiger partial charge in [0.05, 0.1) is 0 Å². The van der Waals surface area contributed by atoms with Crippen molar-refractivity contribution in [1.29, 1.82) is 0 Å². The molecule has 0 aromatic rings. The van der Waals surface area contributed by atoms with Crippen LogP contribution < -0.4 is 0 Å². The van der Waals surface area contributed by atoms with Gasteiger partial charge in [-0.15, -0.1) is 0 Å². The van der Waals surface area contributed by atoms with Crippen LogP contribution in [0.1, 0.15) is 40.5 Å². The summed E-state index contributed by atoms with van der Waals surface area (Å²) in [5, 5.41) is 0. The third-order valence-corrected chi connectivity index (χ3v) is 4.33. The van der Waals surface area contributed by atoms with Gasteiger partial charge >= 0.3 is 0 Å². The van der Waals surface area contributed by atoms with Gasteiger partial charge in [0.1, 0.15) is 0 Å². The minimum Gasteiger partial charge on any atom is -0.164 e. The fourth-order valence-electron chi connectivity index (χ4n) is 2.61. The largest absolute Gasteiger partial charge is 0.164 e. The van der Waals surface area contributed by atoms with E-state index in [1.807, 2.05) is 0 Å². The van der Waals surface area contributed by atoms with E-state index in [1.165, 1.54) is 24.0 Å². The van der Waals surface area contributed by atoms with E-state index in [0.717, 1.165) is 5.92 Å². The van der Waals surface area contributed by atoms with Crippen LogP contribution in [0, 0.1) is 5.92 Å². The van der Waals surface area contributed by atoms with Gasteiger partial charge in [0, 0.05) is 4.75 Å². The predicted octanol–water partition coefficient (Wildman–Crippen LogP) is 4.31. The second-order valence-corrected chi connectivity index (χ2v) is 6.10. The van der Waals surface area contributed by atoms with Crippen molar-refractivity contribution in [2.45, 2.75) is 45.3 Å².